The van der Waals surface area contributed by atoms with E-state index in [0.717, 1.165) is 37.6 Å². The summed E-state index contributed by atoms with van der Waals surface area (Å²) >= 11 is 0. The predicted octanol–water partition coefficient (Wildman–Crippen LogP) is 2.91. The van der Waals surface area contributed by atoms with Crippen LogP contribution in [0.2, 0.25) is 0 Å². The quantitative estimate of drug-likeness (QED) is 0.802. The van der Waals surface area contributed by atoms with Crippen LogP contribution >= 0.6 is 0 Å². The Morgan fingerprint density at radius 1 is 1.40 bits per heavy atom. The Labute approximate surface area is 152 Å². The molecule has 0 aromatic heterocycles. The van der Waals surface area contributed by atoms with Crippen molar-refractivity contribution < 1.29 is 4.79 Å². The first-order chi connectivity index (χ1) is 12.1. The highest BCUT2D eigenvalue weighted by Crippen LogP contribution is 2.51. The molecule has 1 amide bonds. The molecule has 3 fully saturated rings. The Bertz CT molecular complexity index is 571. The number of nitrogens with zero attached hydrogens (tertiary/aromatic N) is 2. The Kier molecular flexibility index (Phi) is 4.76. The van der Waals surface area contributed by atoms with Crippen molar-refractivity contribution in [3.05, 3.63) is 24.4 Å². The second kappa shape index (κ2) is 6.88. The summed E-state index contributed by atoms with van der Waals surface area (Å²) in [5, 5.41) is 0. The Morgan fingerprint density at radius 3 is 3.00 bits per heavy atom. The van der Waals surface area contributed by atoms with Crippen molar-refractivity contribution in [2.45, 2.75) is 70.0 Å². The Morgan fingerprint density at radius 2 is 2.24 bits per heavy atom. The van der Waals surface area contributed by atoms with Crippen LogP contribution < -0.4 is 5.73 Å². The van der Waals surface area contributed by atoms with Gasteiger partial charge in [0.25, 0.3) is 0 Å². The number of carbonyl (C=O) groups is 1. The highest BCUT2D eigenvalue weighted by Gasteiger charge is 2.52. The van der Waals surface area contributed by atoms with E-state index in [1.54, 1.807) is 12.5 Å². The number of amides is 1. The Balaban J connectivity index is 1.66. The van der Waals surface area contributed by atoms with E-state index < -0.39 is 0 Å². The molecule has 4 nitrogen and oxygen atoms in total. The van der Waals surface area contributed by atoms with Gasteiger partial charge in [-0.2, -0.15) is 0 Å². The van der Waals surface area contributed by atoms with Crippen LogP contribution in [0, 0.1) is 17.8 Å². The van der Waals surface area contributed by atoms with Gasteiger partial charge in [0.15, 0.2) is 0 Å². The van der Waals surface area contributed by atoms with Gasteiger partial charge in [0.1, 0.15) is 0 Å². The second-order valence-corrected chi connectivity index (χ2v) is 8.66. The average molecular weight is 344 g/mol. The molecule has 1 aliphatic carbocycles. The molecular formula is C21H33N3O. The third kappa shape index (κ3) is 2.97. The molecule has 0 aromatic carbocycles. The number of hydrogen-bond acceptors (Lipinski definition) is 3. The Hall–Kier alpha value is -1.13. The predicted molar refractivity (Wildman–Crippen MR) is 101 cm³/mol. The summed E-state index contributed by atoms with van der Waals surface area (Å²) in [6.45, 7) is 7.78. The molecular weight excluding hydrogens is 310 g/mol. The molecule has 2 N–H and O–H groups in total. The SMILES string of the molecule is C=CCC1C(N)CC2CN1C1CCCC2C1C1=CN(C(C)=O)CCC1. The molecule has 0 aromatic rings. The molecule has 4 aliphatic rings. The van der Waals surface area contributed by atoms with Gasteiger partial charge in [-0.3, -0.25) is 9.69 Å². The van der Waals surface area contributed by atoms with E-state index in [1.165, 1.54) is 32.2 Å². The number of piperidine rings is 2. The van der Waals surface area contributed by atoms with Crippen molar-refractivity contribution in [2.24, 2.45) is 23.5 Å². The molecule has 0 radical (unpaired) electrons. The number of hydrogen-bond donors (Lipinski definition) is 1. The van der Waals surface area contributed by atoms with Crippen LogP contribution in [0.25, 0.3) is 0 Å². The topological polar surface area (TPSA) is 49.6 Å². The fourth-order valence-corrected chi connectivity index (χ4v) is 6.32. The zero-order valence-electron chi connectivity index (χ0n) is 15.6. The largest absolute Gasteiger partial charge is 0.326 e. The fourth-order valence-electron chi connectivity index (χ4n) is 6.32. The lowest BCUT2D eigenvalue weighted by Gasteiger charge is -2.60. The van der Waals surface area contributed by atoms with Crippen molar-refractivity contribution in [3.63, 3.8) is 0 Å². The molecule has 4 bridgehead atoms. The van der Waals surface area contributed by atoms with Crippen LogP contribution in [-0.4, -0.2) is 46.9 Å². The molecule has 4 rings (SSSR count). The lowest BCUT2D eigenvalue weighted by molar-refractivity contribution is -0.126. The first-order valence-electron chi connectivity index (χ1n) is 10.2. The smallest absolute Gasteiger partial charge is 0.223 e. The van der Waals surface area contributed by atoms with Gasteiger partial charge in [0.2, 0.25) is 5.91 Å². The molecule has 138 valence electrons. The van der Waals surface area contributed by atoms with Gasteiger partial charge in [-0.1, -0.05) is 12.5 Å². The van der Waals surface area contributed by atoms with Gasteiger partial charge in [-0.15, -0.1) is 6.58 Å². The van der Waals surface area contributed by atoms with Gasteiger partial charge in [0.05, 0.1) is 0 Å². The minimum atomic E-state index is 0.185. The minimum Gasteiger partial charge on any atom is -0.326 e. The van der Waals surface area contributed by atoms with Gasteiger partial charge < -0.3 is 10.6 Å². The van der Waals surface area contributed by atoms with E-state index in [-0.39, 0.29) is 11.9 Å². The van der Waals surface area contributed by atoms with Crippen LogP contribution in [0.4, 0.5) is 0 Å². The molecule has 7 unspecified atom stereocenters. The first kappa shape index (κ1) is 17.3. The van der Waals surface area contributed by atoms with Crippen molar-refractivity contribution in [1.82, 2.24) is 9.80 Å². The molecule has 3 aliphatic heterocycles. The van der Waals surface area contributed by atoms with Crippen molar-refractivity contribution in [2.75, 3.05) is 13.1 Å². The van der Waals surface area contributed by atoms with Crippen LogP contribution in [0.5, 0.6) is 0 Å². The zero-order chi connectivity index (χ0) is 17.6. The van der Waals surface area contributed by atoms with Gasteiger partial charge in [-0.25, -0.2) is 0 Å². The van der Waals surface area contributed by atoms with E-state index in [2.05, 4.69) is 17.7 Å². The first-order valence-corrected chi connectivity index (χ1v) is 10.2. The van der Waals surface area contributed by atoms with E-state index in [4.69, 9.17) is 5.73 Å². The third-order valence-electron chi connectivity index (χ3n) is 7.31. The summed E-state index contributed by atoms with van der Waals surface area (Å²) < 4.78 is 0. The van der Waals surface area contributed by atoms with Gasteiger partial charge in [0, 0.05) is 50.3 Å². The van der Waals surface area contributed by atoms with Gasteiger partial charge in [-0.05, 0) is 55.9 Å². The molecule has 4 heteroatoms. The van der Waals surface area contributed by atoms with E-state index >= 15 is 0 Å². The van der Waals surface area contributed by atoms with E-state index in [0.29, 0.717) is 18.0 Å². The lowest BCUT2D eigenvalue weighted by atomic mass is 9.59. The summed E-state index contributed by atoms with van der Waals surface area (Å²) in [7, 11) is 0. The van der Waals surface area contributed by atoms with Crippen molar-refractivity contribution >= 4 is 5.91 Å². The maximum absolute atomic E-state index is 11.9. The van der Waals surface area contributed by atoms with Crippen LogP contribution in [0.3, 0.4) is 0 Å². The standard InChI is InChI=1S/C21H33N3O/c1-3-6-19-18(22)11-16-13-24(19)20-9-4-8-17(16)21(20)15-7-5-10-23(12-15)14(2)25/h3,12,16-21H,1,4-11,13,22H2,2H3. The summed E-state index contributed by atoms with van der Waals surface area (Å²) in [5.74, 6) is 2.31. The molecule has 2 saturated heterocycles. The number of nitrogens with two attached hydrogens (primary N) is 1. The fraction of sp³-hybridized carbons (Fsp3) is 0.762. The molecule has 1 saturated carbocycles. The van der Waals surface area contributed by atoms with E-state index in [9.17, 15) is 4.79 Å². The van der Waals surface area contributed by atoms with Crippen molar-refractivity contribution in [3.8, 4) is 0 Å². The van der Waals surface area contributed by atoms with Crippen LogP contribution in [0.15, 0.2) is 24.4 Å². The molecule has 0 spiro atoms. The summed E-state index contributed by atoms with van der Waals surface area (Å²) in [5.41, 5.74) is 8.13. The summed E-state index contributed by atoms with van der Waals surface area (Å²) in [6.07, 6.45) is 12.7. The third-order valence-corrected chi connectivity index (χ3v) is 7.31. The highest BCUT2D eigenvalue weighted by atomic mass is 16.2. The second-order valence-electron chi connectivity index (χ2n) is 8.66. The average Bonchev–Trinajstić information content (AvgIpc) is 2.62. The lowest BCUT2D eigenvalue weighted by Crippen LogP contribution is -2.66. The van der Waals surface area contributed by atoms with Crippen LogP contribution in [-0.2, 0) is 4.79 Å². The molecule has 3 heterocycles. The van der Waals surface area contributed by atoms with Crippen molar-refractivity contribution in [1.29, 1.82) is 0 Å². The highest BCUT2D eigenvalue weighted by molar-refractivity contribution is 5.74. The minimum absolute atomic E-state index is 0.185. The monoisotopic (exact) mass is 343 g/mol. The maximum Gasteiger partial charge on any atom is 0.223 e. The normalized spacial score (nSPS) is 43.4. The molecule has 7 atom stereocenters. The summed E-state index contributed by atoms with van der Waals surface area (Å²) in [4.78, 5) is 16.6. The van der Waals surface area contributed by atoms with Gasteiger partial charge >= 0.3 is 0 Å². The number of fused-ring (bicyclic) bond motifs is 6. The zero-order valence-corrected chi connectivity index (χ0v) is 15.6. The maximum atomic E-state index is 11.9. The molecule has 25 heavy (non-hydrogen) atoms. The van der Waals surface area contributed by atoms with E-state index in [1.807, 2.05) is 11.0 Å². The number of rotatable bonds is 3. The summed E-state index contributed by atoms with van der Waals surface area (Å²) in [6, 6.07) is 1.35. The van der Waals surface area contributed by atoms with Crippen LogP contribution in [0.1, 0.15) is 51.9 Å². The number of carbonyl (C=O) groups excluding carboxylic acids is 1.